The predicted octanol–water partition coefficient (Wildman–Crippen LogP) is 5.05. The molecule has 1 aliphatic rings. The van der Waals surface area contributed by atoms with E-state index in [0.717, 1.165) is 29.9 Å². The highest BCUT2D eigenvalue weighted by Crippen LogP contribution is 2.32. The van der Waals surface area contributed by atoms with E-state index in [1.165, 1.54) is 6.08 Å². The number of benzene rings is 2. The zero-order valence-corrected chi connectivity index (χ0v) is 14.2. The normalized spacial score (nSPS) is 13.7. The van der Waals surface area contributed by atoms with Gasteiger partial charge in [0.2, 0.25) is 0 Å². The number of carbonyl (C=O) groups is 1. The minimum absolute atomic E-state index is 0.282. The lowest BCUT2D eigenvalue weighted by molar-refractivity contribution is -0.132. The Morgan fingerprint density at radius 3 is 2.31 bits per heavy atom. The van der Waals surface area contributed by atoms with Gasteiger partial charge >= 0.3 is 5.97 Å². The van der Waals surface area contributed by atoms with E-state index < -0.39 is 5.97 Å². The van der Waals surface area contributed by atoms with E-state index in [1.54, 1.807) is 6.07 Å². The molecule has 4 heteroatoms. The molecular weight excluding hydrogens is 324 g/mol. The Hall–Kier alpha value is -3.58. The van der Waals surface area contributed by atoms with Gasteiger partial charge in [0.1, 0.15) is 11.6 Å². The molecular formula is C22H18N2O2. The summed E-state index contributed by atoms with van der Waals surface area (Å²) in [4.78, 5) is 13.1. The van der Waals surface area contributed by atoms with Crippen molar-refractivity contribution in [2.75, 3.05) is 4.90 Å². The largest absolute Gasteiger partial charge is 0.477 e. The molecule has 128 valence electrons. The summed E-state index contributed by atoms with van der Waals surface area (Å²) in [6.07, 6.45) is 9.90. The molecule has 0 amide bonds. The molecule has 0 aliphatic heterocycles. The van der Waals surface area contributed by atoms with Crippen LogP contribution in [0.25, 0.3) is 6.08 Å². The van der Waals surface area contributed by atoms with Crippen LogP contribution in [0.5, 0.6) is 0 Å². The van der Waals surface area contributed by atoms with Gasteiger partial charge < -0.3 is 10.0 Å². The number of anilines is 2. The lowest BCUT2D eigenvalue weighted by Gasteiger charge is -2.27. The topological polar surface area (TPSA) is 64.3 Å². The number of carboxylic acids is 1. The minimum Gasteiger partial charge on any atom is -0.477 e. The maximum absolute atomic E-state index is 11.0. The first-order valence-corrected chi connectivity index (χ1v) is 8.36. The van der Waals surface area contributed by atoms with E-state index in [0.29, 0.717) is 5.56 Å². The van der Waals surface area contributed by atoms with Crippen LogP contribution < -0.4 is 4.90 Å². The van der Waals surface area contributed by atoms with E-state index in [2.05, 4.69) is 35.3 Å². The molecule has 0 radical (unpaired) electrons. The summed E-state index contributed by atoms with van der Waals surface area (Å²) in [5, 5.41) is 17.9. The molecule has 0 atom stereocenters. The summed E-state index contributed by atoms with van der Waals surface area (Å²) >= 11 is 0. The Morgan fingerprint density at radius 1 is 1.04 bits per heavy atom. The van der Waals surface area contributed by atoms with E-state index in [1.807, 2.05) is 42.5 Å². The van der Waals surface area contributed by atoms with E-state index in [-0.39, 0.29) is 5.57 Å². The van der Waals surface area contributed by atoms with Crippen molar-refractivity contribution in [3.8, 4) is 6.07 Å². The summed E-state index contributed by atoms with van der Waals surface area (Å²) in [5.74, 6) is -1.22. The average Bonchev–Trinajstić information content (AvgIpc) is 2.69. The van der Waals surface area contributed by atoms with Gasteiger partial charge in [-0.1, -0.05) is 42.5 Å². The first kappa shape index (κ1) is 17.2. The van der Waals surface area contributed by atoms with Crippen LogP contribution in [0.4, 0.5) is 11.4 Å². The standard InChI is InChI=1S/C22H18N2O2/c23-16-18(22(25)26)15-17-11-13-21(14-12-17)24(19-7-3-1-4-8-19)20-9-5-2-6-10-20/h1,3-5,7-15H,2,6H2,(H,25,26)/b18-15+. The second-order valence-electron chi connectivity index (χ2n) is 5.85. The summed E-state index contributed by atoms with van der Waals surface area (Å²) in [6, 6.07) is 19.3. The van der Waals surface area contributed by atoms with Crippen LogP contribution in [0.3, 0.4) is 0 Å². The number of hydrogen-bond donors (Lipinski definition) is 1. The molecule has 0 aromatic heterocycles. The van der Waals surface area contributed by atoms with Gasteiger partial charge in [-0.3, -0.25) is 0 Å². The molecule has 0 spiro atoms. The molecule has 0 unspecified atom stereocenters. The van der Waals surface area contributed by atoms with Crippen LogP contribution in [-0.2, 0) is 4.79 Å². The molecule has 0 fully saturated rings. The number of hydrogen-bond acceptors (Lipinski definition) is 3. The highest BCUT2D eigenvalue weighted by atomic mass is 16.4. The molecule has 1 N–H and O–H groups in total. The van der Waals surface area contributed by atoms with Gasteiger partial charge in [0.05, 0.1) is 0 Å². The van der Waals surface area contributed by atoms with Gasteiger partial charge in [-0.25, -0.2) is 4.79 Å². The highest BCUT2D eigenvalue weighted by Gasteiger charge is 2.14. The van der Waals surface area contributed by atoms with E-state index in [4.69, 9.17) is 10.4 Å². The molecule has 0 bridgehead atoms. The van der Waals surface area contributed by atoms with Crippen LogP contribution in [0.1, 0.15) is 18.4 Å². The van der Waals surface area contributed by atoms with Crippen LogP contribution in [0, 0.1) is 11.3 Å². The monoisotopic (exact) mass is 342 g/mol. The predicted molar refractivity (Wildman–Crippen MR) is 103 cm³/mol. The maximum atomic E-state index is 11.0. The van der Waals surface area contributed by atoms with Gasteiger partial charge in [0, 0.05) is 17.1 Å². The van der Waals surface area contributed by atoms with Gasteiger partial charge in [-0.15, -0.1) is 0 Å². The van der Waals surface area contributed by atoms with Crippen molar-refractivity contribution in [2.45, 2.75) is 12.8 Å². The van der Waals surface area contributed by atoms with Crippen LogP contribution in [0.2, 0.25) is 0 Å². The van der Waals surface area contributed by atoms with Gasteiger partial charge in [-0.2, -0.15) is 5.26 Å². The van der Waals surface area contributed by atoms with E-state index in [9.17, 15) is 4.79 Å². The molecule has 1 aliphatic carbocycles. The number of rotatable bonds is 5. The third-order valence-corrected chi connectivity index (χ3v) is 4.06. The highest BCUT2D eigenvalue weighted by molar-refractivity contribution is 5.96. The molecule has 2 aromatic carbocycles. The van der Waals surface area contributed by atoms with Crippen LogP contribution >= 0.6 is 0 Å². The number of nitriles is 1. The lowest BCUT2D eigenvalue weighted by atomic mass is 10.1. The van der Waals surface area contributed by atoms with Crippen molar-refractivity contribution in [1.82, 2.24) is 0 Å². The number of allylic oxidation sites excluding steroid dienone is 3. The second-order valence-corrected chi connectivity index (χ2v) is 5.85. The summed E-state index contributed by atoms with van der Waals surface area (Å²) in [5.41, 5.74) is 3.52. The number of para-hydroxylation sites is 1. The Bertz CT molecular complexity index is 917. The Morgan fingerprint density at radius 2 is 1.73 bits per heavy atom. The number of carboxylic acid groups (broad SMARTS) is 1. The first-order valence-electron chi connectivity index (χ1n) is 8.36. The number of nitrogens with zero attached hydrogens (tertiary/aromatic N) is 2. The number of aliphatic carboxylic acids is 1. The van der Waals surface area contributed by atoms with Crippen molar-refractivity contribution in [3.05, 3.63) is 89.7 Å². The molecule has 0 heterocycles. The minimum atomic E-state index is -1.22. The average molecular weight is 342 g/mol. The van der Waals surface area contributed by atoms with Gasteiger partial charge in [0.15, 0.2) is 0 Å². The lowest BCUT2D eigenvalue weighted by Crippen LogP contribution is -2.16. The van der Waals surface area contributed by atoms with Crippen molar-refractivity contribution in [2.24, 2.45) is 0 Å². The zero-order valence-electron chi connectivity index (χ0n) is 14.2. The quantitative estimate of drug-likeness (QED) is 0.610. The fraction of sp³-hybridized carbons (Fsp3) is 0.0909. The van der Waals surface area contributed by atoms with Crippen molar-refractivity contribution >= 4 is 23.4 Å². The Labute approximate surface area is 152 Å². The molecule has 0 saturated heterocycles. The SMILES string of the molecule is N#C/C(=C\c1ccc(N(C2=CCCC=C2)c2ccccc2)cc1)C(=O)O. The Balaban J connectivity index is 1.98. The molecule has 26 heavy (non-hydrogen) atoms. The van der Waals surface area contributed by atoms with Crippen LogP contribution in [-0.4, -0.2) is 11.1 Å². The van der Waals surface area contributed by atoms with Gasteiger partial charge in [-0.05, 0) is 54.8 Å². The molecule has 0 saturated carbocycles. The third-order valence-electron chi connectivity index (χ3n) is 4.06. The fourth-order valence-electron chi connectivity index (χ4n) is 2.82. The second kappa shape index (κ2) is 8.00. The summed E-state index contributed by atoms with van der Waals surface area (Å²) < 4.78 is 0. The van der Waals surface area contributed by atoms with Crippen LogP contribution in [0.15, 0.2) is 84.1 Å². The van der Waals surface area contributed by atoms with Crippen molar-refractivity contribution in [3.63, 3.8) is 0 Å². The summed E-state index contributed by atoms with van der Waals surface area (Å²) in [7, 11) is 0. The zero-order chi connectivity index (χ0) is 18.4. The van der Waals surface area contributed by atoms with Crippen molar-refractivity contribution in [1.29, 1.82) is 5.26 Å². The Kier molecular flexibility index (Phi) is 5.31. The smallest absolute Gasteiger partial charge is 0.346 e. The first-order chi connectivity index (χ1) is 12.7. The fourth-order valence-corrected chi connectivity index (χ4v) is 2.82. The molecule has 2 aromatic rings. The van der Waals surface area contributed by atoms with E-state index >= 15 is 0 Å². The third kappa shape index (κ3) is 3.90. The summed E-state index contributed by atoms with van der Waals surface area (Å²) in [6.45, 7) is 0. The maximum Gasteiger partial charge on any atom is 0.346 e. The molecule has 3 rings (SSSR count). The van der Waals surface area contributed by atoms with Gasteiger partial charge in [0.25, 0.3) is 0 Å². The van der Waals surface area contributed by atoms with Crippen molar-refractivity contribution < 1.29 is 9.90 Å². The molecule has 4 nitrogen and oxygen atoms in total.